The van der Waals surface area contributed by atoms with Gasteiger partial charge < -0.3 is 9.80 Å². The first-order chi connectivity index (χ1) is 12.5. The Bertz CT molecular complexity index is 829. The molecule has 3 rings (SSSR count). The van der Waals surface area contributed by atoms with Gasteiger partial charge in [0.1, 0.15) is 0 Å². The summed E-state index contributed by atoms with van der Waals surface area (Å²) in [7, 11) is 2.05. The van der Waals surface area contributed by atoms with Crippen molar-refractivity contribution in [2.45, 2.75) is 33.2 Å². The summed E-state index contributed by atoms with van der Waals surface area (Å²) in [5.74, 6) is 0.0978. The molecule has 136 valence electrons. The molecule has 0 unspecified atom stereocenters. The molecule has 1 heterocycles. The van der Waals surface area contributed by atoms with Crippen LogP contribution in [0.5, 0.6) is 0 Å². The highest BCUT2D eigenvalue weighted by Crippen LogP contribution is 2.24. The summed E-state index contributed by atoms with van der Waals surface area (Å²) in [5.41, 5.74) is 5.10. The van der Waals surface area contributed by atoms with Crippen LogP contribution in [0.25, 0.3) is 0 Å². The third kappa shape index (κ3) is 3.96. The zero-order chi connectivity index (χ0) is 18.7. The number of aryl methyl sites for hydroxylation is 2. The molecule has 0 saturated heterocycles. The van der Waals surface area contributed by atoms with Gasteiger partial charge in [0, 0.05) is 50.8 Å². The average molecular weight is 350 g/mol. The van der Waals surface area contributed by atoms with Crippen LogP contribution in [0.3, 0.4) is 0 Å². The number of anilines is 1. The lowest BCUT2D eigenvalue weighted by Gasteiger charge is -2.21. The number of hydrogen-bond acceptors (Lipinski definition) is 3. The van der Waals surface area contributed by atoms with Crippen LogP contribution >= 0.6 is 0 Å². The summed E-state index contributed by atoms with van der Waals surface area (Å²) >= 11 is 0. The zero-order valence-electron chi connectivity index (χ0n) is 15.8. The van der Waals surface area contributed by atoms with Crippen molar-refractivity contribution < 1.29 is 9.59 Å². The van der Waals surface area contributed by atoms with E-state index in [4.69, 9.17) is 0 Å². The number of amides is 1. The second-order valence-corrected chi connectivity index (χ2v) is 7.11. The van der Waals surface area contributed by atoms with Crippen molar-refractivity contribution in [2.24, 2.45) is 0 Å². The Morgan fingerprint density at radius 2 is 1.77 bits per heavy atom. The van der Waals surface area contributed by atoms with Gasteiger partial charge in [-0.2, -0.15) is 0 Å². The highest BCUT2D eigenvalue weighted by Gasteiger charge is 2.22. The molecule has 0 aliphatic carbocycles. The molecule has 1 aliphatic rings. The van der Waals surface area contributed by atoms with E-state index in [-0.39, 0.29) is 24.5 Å². The molecule has 0 fully saturated rings. The van der Waals surface area contributed by atoms with Crippen LogP contribution in [-0.2, 0) is 11.3 Å². The number of fused-ring (bicyclic) bond motifs is 1. The zero-order valence-corrected chi connectivity index (χ0v) is 15.8. The molecule has 1 aliphatic heterocycles. The fraction of sp³-hybridized carbons (Fsp3) is 0.364. The lowest BCUT2D eigenvalue weighted by molar-refractivity contribution is -0.131. The Hall–Kier alpha value is -2.62. The number of rotatable bonds is 4. The molecule has 2 aromatic rings. The van der Waals surface area contributed by atoms with Crippen molar-refractivity contribution in [3.63, 3.8) is 0 Å². The fourth-order valence-electron chi connectivity index (χ4n) is 3.46. The van der Waals surface area contributed by atoms with E-state index in [9.17, 15) is 9.59 Å². The minimum Gasteiger partial charge on any atom is -0.373 e. The topological polar surface area (TPSA) is 40.6 Å². The number of ketones is 1. The van der Waals surface area contributed by atoms with E-state index in [1.807, 2.05) is 49.1 Å². The summed E-state index contributed by atoms with van der Waals surface area (Å²) in [6.45, 7) is 6.01. The Morgan fingerprint density at radius 1 is 1.00 bits per heavy atom. The molecule has 4 nitrogen and oxygen atoms in total. The van der Waals surface area contributed by atoms with Gasteiger partial charge in [0.05, 0.1) is 0 Å². The monoisotopic (exact) mass is 350 g/mol. The van der Waals surface area contributed by atoms with Crippen LogP contribution in [0, 0.1) is 13.8 Å². The molecule has 4 heteroatoms. The number of nitrogens with zero attached hydrogens (tertiary/aromatic N) is 2. The Kier molecular flexibility index (Phi) is 5.40. The van der Waals surface area contributed by atoms with Gasteiger partial charge in [-0.15, -0.1) is 0 Å². The first-order valence-electron chi connectivity index (χ1n) is 9.13. The van der Waals surface area contributed by atoms with Gasteiger partial charge in [-0.05, 0) is 37.1 Å². The van der Waals surface area contributed by atoms with Gasteiger partial charge in [0.15, 0.2) is 5.78 Å². The standard InChI is InChI=1S/C22H26N2O2/c1-16-8-9-17(2)19(14-16)21(25)10-11-22(26)24-13-12-23(3)20-7-5-4-6-18(20)15-24/h4-9,14H,10-13,15H2,1-3H3. The molecule has 0 bridgehead atoms. The summed E-state index contributed by atoms with van der Waals surface area (Å²) in [5, 5.41) is 0. The summed E-state index contributed by atoms with van der Waals surface area (Å²) in [6, 6.07) is 14.1. The molecule has 0 spiro atoms. The molecule has 0 radical (unpaired) electrons. The lowest BCUT2D eigenvalue weighted by atomic mass is 9.99. The van der Waals surface area contributed by atoms with E-state index in [0.717, 1.165) is 28.8 Å². The summed E-state index contributed by atoms with van der Waals surface area (Å²) in [6.07, 6.45) is 0.523. The largest absolute Gasteiger partial charge is 0.373 e. The van der Waals surface area contributed by atoms with Crippen molar-refractivity contribution in [3.8, 4) is 0 Å². The van der Waals surface area contributed by atoms with Crippen LogP contribution in [0.15, 0.2) is 42.5 Å². The van der Waals surface area contributed by atoms with Crippen LogP contribution in [0.4, 0.5) is 5.69 Å². The van der Waals surface area contributed by atoms with Crippen LogP contribution in [-0.4, -0.2) is 36.7 Å². The lowest BCUT2D eigenvalue weighted by Crippen LogP contribution is -2.34. The Labute approximate surface area is 155 Å². The second kappa shape index (κ2) is 7.73. The molecule has 26 heavy (non-hydrogen) atoms. The van der Waals surface area contributed by atoms with Crippen molar-refractivity contribution >= 4 is 17.4 Å². The molecule has 0 aromatic heterocycles. The average Bonchev–Trinajstić information content (AvgIpc) is 2.81. The SMILES string of the molecule is Cc1ccc(C)c(C(=O)CCC(=O)N2CCN(C)c3ccccc3C2)c1. The highest BCUT2D eigenvalue weighted by atomic mass is 16.2. The normalized spacial score (nSPS) is 14.0. The second-order valence-electron chi connectivity index (χ2n) is 7.11. The quantitative estimate of drug-likeness (QED) is 0.789. The van der Waals surface area contributed by atoms with E-state index < -0.39 is 0 Å². The first kappa shape index (κ1) is 18.2. The van der Waals surface area contributed by atoms with Crippen LogP contribution in [0.1, 0.15) is 39.9 Å². The molecular formula is C22H26N2O2. The summed E-state index contributed by atoms with van der Waals surface area (Å²) < 4.78 is 0. The highest BCUT2D eigenvalue weighted by molar-refractivity contribution is 5.99. The van der Waals surface area contributed by atoms with E-state index >= 15 is 0 Å². The number of likely N-dealkylation sites (N-methyl/N-ethyl adjacent to an activating group) is 1. The number of benzene rings is 2. The van der Waals surface area contributed by atoms with E-state index in [2.05, 4.69) is 24.1 Å². The van der Waals surface area contributed by atoms with Gasteiger partial charge in [0.2, 0.25) is 5.91 Å². The molecule has 1 amide bonds. The number of hydrogen-bond donors (Lipinski definition) is 0. The van der Waals surface area contributed by atoms with Crippen LogP contribution < -0.4 is 4.90 Å². The fourth-order valence-corrected chi connectivity index (χ4v) is 3.46. The third-order valence-electron chi connectivity index (χ3n) is 5.08. The van der Waals surface area contributed by atoms with Gasteiger partial charge in [-0.1, -0.05) is 35.9 Å². The smallest absolute Gasteiger partial charge is 0.223 e. The summed E-state index contributed by atoms with van der Waals surface area (Å²) in [4.78, 5) is 29.3. The third-order valence-corrected chi connectivity index (χ3v) is 5.08. The molecule has 2 aromatic carbocycles. The molecule has 0 saturated carbocycles. The number of carbonyl (C=O) groups is 2. The van der Waals surface area contributed by atoms with Crippen molar-refractivity contribution in [3.05, 3.63) is 64.7 Å². The predicted octanol–water partition coefficient (Wildman–Crippen LogP) is 3.74. The van der Waals surface area contributed by atoms with E-state index in [1.54, 1.807) is 0 Å². The molecule has 0 N–H and O–H groups in total. The number of carbonyl (C=O) groups excluding carboxylic acids is 2. The van der Waals surface area contributed by atoms with Crippen molar-refractivity contribution in [2.75, 3.05) is 25.0 Å². The van der Waals surface area contributed by atoms with Crippen LogP contribution in [0.2, 0.25) is 0 Å². The van der Waals surface area contributed by atoms with Gasteiger partial charge in [-0.3, -0.25) is 9.59 Å². The Morgan fingerprint density at radius 3 is 2.58 bits per heavy atom. The maximum absolute atomic E-state index is 12.7. The first-order valence-corrected chi connectivity index (χ1v) is 9.13. The maximum Gasteiger partial charge on any atom is 0.223 e. The predicted molar refractivity (Wildman–Crippen MR) is 105 cm³/mol. The van der Waals surface area contributed by atoms with Gasteiger partial charge in [-0.25, -0.2) is 0 Å². The van der Waals surface area contributed by atoms with Crippen molar-refractivity contribution in [1.29, 1.82) is 0 Å². The van der Waals surface area contributed by atoms with E-state index in [1.165, 1.54) is 5.69 Å². The Balaban J connectivity index is 1.65. The minimum atomic E-state index is 0.0480. The molecular weight excluding hydrogens is 324 g/mol. The van der Waals surface area contributed by atoms with Gasteiger partial charge >= 0.3 is 0 Å². The van der Waals surface area contributed by atoms with Gasteiger partial charge in [0.25, 0.3) is 0 Å². The van der Waals surface area contributed by atoms with Crippen molar-refractivity contribution in [1.82, 2.24) is 4.90 Å². The number of Topliss-reactive ketones (excluding diaryl/α,β-unsaturated/α-hetero) is 1. The van der Waals surface area contributed by atoms with E-state index in [0.29, 0.717) is 13.1 Å². The minimum absolute atomic E-state index is 0.0480. The maximum atomic E-state index is 12.7. The number of para-hydroxylation sites is 1. The molecule has 0 atom stereocenters.